The average molecular weight is 370 g/mol. The topological polar surface area (TPSA) is 56.1 Å². The van der Waals surface area contributed by atoms with Crippen LogP contribution in [0.2, 0.25) is 5.02 Å². The van der Waals surface area contributed by atoms with Gasteiger partial charge in [-0.25, -0.2) is 4.98 Å². The maximum absolute atomic E-state index is 12.2. The van der Waals surface area contributed by atoms with Crippen LogP contribution in [0.15, 0.2) is 61.2 Å². The van der Waals surface area contributed by atoms with Crippen LogP contribution >= 0.6 is 11.6 Å². The number of hydrogen-bond donors (Lipinski definition) is 1. The standard InChI is InChI=1S/C20H20ClN3O2/c1-14-11-17(21)5-8-19(14)26-12-20(25)23-15(2)16-3-6-18(7-4-16)24-10-9-22-13-24/h3-11,13,15H,12H2,1-2H3,(H,23,25)/t15-/m1/s1. The average Bonchev–Trinajstić information content (AvgIpc) is 3.16. The first-order valence-electron chi connectivity index (χ1n) is 8.29. The number of rotatable bonds is 6. The summed E-state index contributed by atoms with van der Waals surface area (Å²) in [6.45, 7) is 3.79. The molecule has 1 atom stereocenters. The molecule has 0 spiro atoms. The fourth-order valence-electron chi connectivity index (χ4n) is 2.63. The molecule has 0 unspecified atom stereocenters. The van der Waals surface area contributed by atoms with Crippen LogP contribution in [0.3, 0.4) is 0 Å². The summed E-state index contributed by atoms with van der Waals surface area (Å²) in [6.07, 6.45) is 5.37. The zero-order valence-corrected chi connectivity index (χ0v) is 15.4. The van der Waals surface area contributed by atoms with Gasteiger partial charge in [0.25, 0.3) is 5.91 Å². The molecule has 0 saturated carbocycles. The van der Waals surface area contributed by atoms with Crippen LogP contribution in [0.4, 0.5) is 0 Å². The van der Waals surface area contributed by atoms with Crippen molar-refractivity contribution in [2.75, 3.05) is 6.61 Å². The van der Waals surface area contributed by atoms with E-state index in [0.717, 1.165) is 16.8 Å². The maximum Gasteiger partial charge on any atom is 0.258 e. The number of nitrogens with one attached hydrogen (secondary N) is 1. The van der Waals surface area contributed by atoms with E-state index in [2.05, 4.69) is 10.3 Å². The molecule has 26 heavy (non-hydrogen) atoms. The van der Waals surface area contributed by atoms with Crippen molar-refractivity contribution in [1.29, 1.82) is 0 Å². The first-order valence-corrected chi connectivity index (χ1v) is 8.67. The monoisotopic (exact) mass is 369 g/mol. The fraction of sp³-hybridized carbons (Fsp3) is 0.200. The van der Waals surface area contributed by atoms with Crippen molar-refractivity contribution in [3.05, 3.63) is 77.3 Å². The zero-order chi connectivity index (χ0) is 18.5. The number of nitrogens with zero attached hydrogens (tertiary/aromatic N) is 2. The number of carbonyl (C=O) groups is 1. The molecular formula is C20H20ClN3O2. The van der Waals surface area contributed by atoms with E-state index in [9.17, 15) is 4.79 Å². The van der Waals surface area contributed by atoms with Gasteiger partial charge in [-0.15, -0.1) is 0 Å². The Bertz CT molecular complexity index is 877. The van der Waals surface area contributed by atoms with Crippen molar-refractivity contribution in [2.45, 2.75) is 19.9 Å². The van der Waals surface area contributed by atoms with Gasteiger partial charge >= 0.3 is 0 Å². The minimum Gasteiger partial charge on any atom is -0.484 e. The molecule has 0 saturated heterocycles. The predicted octanol–water partition coefficient (Wildman–Crippen LogP) is 4.09. The van der Waals surface area contributed by atoms with Crippen LogP contribution in [0.25, 0.3) is 5.69 Å². The minimum absolute atomic E-state index is 0.0417. The van der Waals surface area contributed by atoms with Gasteiger partial charge in [-0.2, -0.15) is 0 Å². The number of imidazole rings is 1. The highest BCUT2D eigenvalue weighted by molar-refractivity contribution is 6.30. The summed E-state index contributed by atoms with van der Waals surface area (Å²) in [7, 11) is 0. The van der Waals surface area contributed by atoms with Gasteiger partial charge in [0, 0.05) is 23.1 Å². The zero-order valence-electron chi connectivity index (χ0n) is 14.6. The van der Waals surface area contributed by atoms with E-state index in [0.29, 0.717) is 10.8 Å². The summed E-state index contributed by atoms with van der Waals surface area (Å²) < 4.78 is 7.50. The molecule has 0 bridgehead atoms. The largest absolute Gasteiger partial charge is 0.484 e. The quantitative estimate of drug-likeness (QED) is 0.712. The van der Waals surface area contributed by atoms with Gasteiger partial charge in [0.15, 0.2) is 6.61 Å². The van der Waals surface area contributed by atoms with Crippen molar-refractivity contribution >= 4 is 17.5 Å². The molecule has 0 aliphatic rings. The van der Waals surface area contributed by atoms with E-state index in [1.165, 1.54) is 0 Å². The van der Waals surface area contributed by atoms with Crippen molar-refractivity contribution in [3.8, 4) is 11.4 Å². The molecule has 2 aromatic carbocycles. The van der Waals surface area contributed by atoms with Gasteiger partial charge in [0.1, 0.15) is 5.75 Å². The Hall–Kier alpha value is -2.79. The number of aromatic nitrogens is 2. The Morgan fingerprint density at radius 3 is 2.69 bits per heavy atom. The highest BCUT2D eigenvalue weighted by Gasteiger charge is 2.11. The molecule has 0 aliphatic heterocycles. The van der Waals surface area contributed by atoms with E-state index < -0.39 is 0 Å². The second-order valence-electron chi connectivity index (χ2n) is 6.05. The molecule has 3 aromatic rings. The minimum atomic E-state index is -0.175. The fourth-order valence-corrected chi connectivity index (χ4v) is 2.86. The van der Waals surface area contributed by atoms with Crippen LogP contribution in [0.1, 0.15) is 24.1 Å². The van der Waals surface area contributed by atoms with Crippen LogP contribution in [0, 0.1) is 6.92 Å². The first kappa shape index (κ1) is 18.0. The van der Waals surface area contributed by atoms with Crippen molar-refractivity contribution in [2.24, 2.45) is 0 Å². The van der Waals surface area contributed by atoms with E-state index in [1.807, 2.05) is 48.9 Å². The highest BCUT2D eigenvalue weighted by atomic mass is 35.5. The molecule has 0 fully saturated rings. The van der Waals surface area contributed by atoms with Gasteiger partial charge in [0.05, 0.1) is 12.4 Å². The summed E-state index contributed by atoms with van der Waals surface area (Å²) in [5, 5.41) is 3.59. The number of halogens is 1. The maximum atomic E-state index is 12.2. The predicted molar refractivity (Wildman–Crippen MR) is 102 cm³/mol. The van der Waals surface area contributed by atoms with Gasteiger partial charge in [-0.1, -0.05) is 23.7 Å². The van der Waals surface area contributed by atoms with Gasteiger partial charge in [0.2, 0.25) is 0 Å². The summed E-state index contributed by atoms with van der Waals surface area (Å²) in [4.78, 5) is 16.2. The van der Waals surface area contributed by atoms with Crippen molar-refractivity contribution in [1.82, 2.24) is 14.9 Å². The lowest BCUT2D eigenvalue weighted by molar-refractivity contribution is -0.123. The second kappa shape index (κ2) is 8.06. The summed E-state index contributed by atoms with van der Waals surface area (Å²) in [5.41, 5.74) is 2.93. The van der Waals surface area contributed by atoms with E-state index in [1.54, 1.807) is 30.7 Å². The molecular weight excluding hydrogens is 350 g/mol. The summed E-state index contributed by atoms with van der Waals surface area (Å²) in [5.74, 6) is 0.479. The molecule has 6 heteroatoms. The lowest BCUT2D eigenvalue weighted by Crippen LogP contribution is -2.31. The van der Waals surface area contributed by atoms with Crippen LogP contribution in [0.5, 0.6) is 5.75 Å². The number of ether oxygens (including phenoxy) is 1. The third-order valence-electron chi connectivity index (χ3n) is 4.07. The highest BCUT2D eigenvalue weighted by Crippen LogP contribution is 2.22. The van der Waals surface area contributed by atoms with Gasteiger partial charge in [-0.05, 0) is 55.3 Å². The lowest BCUT2D eigenvalue weighted by atomic mass is 10.1. The first-order chi connectivity index (χ1) is 12.5. The molecule has 1 heterocycles. The lowest BCUT2D eigenvalue weighted by Gasteiger charge is -2.16. The van der Waals surface area contributed by atoms with E-state index in [-0.39, 0.29) is 18.6 Å². The molecule has 0 radical (unpaired) electrons. The normalized spacial score (nSPS) is 11.8. The third-order valence-corrected chi connectivity index (χ3v) is 4.30. The Labute approximate surface area is 157 Å². The Balaban J connectivity index is 1.55. The number of aryl methyl sites for hydroxylation is 1. The van der Waals surface area contributed by atoms with Gasteiger partial charge < -0.3 is 14.6 Å². The number of carbonyl (C=O) groups excluding carboxylic acids is 1. The smallest absolute Gasteiger partial charge is 0.258 e. The van der Waals surface area contributed by atoms with Crippen LogP contribution in [-0.4, -0.2) is 22.1 Å². The Kier molecular flexibility index (Phi) is 5.58. The molecule has 0 aliphatic carbocycles. The molecule has 3 rings (SSSR count). The molecule has 1 amide bonds. The van der Waals surface area contributed by atoms with E-state index in [4.69, 9.17) is 16.3 Å². The number of benzene rings is 2. The van der Waals surface area contributed by atoms with E-state index >= 15 is 0 Å². The molecule has 1 N–H and O–H groups in total. The summed E-state index contributed by atoms with van der Waals surface area (Å²) >= 11 is 5.92. The van der Waals surface area contributed by atoms with Gasteiger partial charge in [-0.3, -0.25) is 4.79 Å². The molecule has 1 aromatic heterocycles. The molecule has 5 nitrogen and oxygen atoms in total. The van der Waals surface area contributed by atoms with Crippen molar-refractivity contribution < 1.29 is 9.53 Å². The Morgan fingerprint density at radius 1 is 1.27 bits per heavy atom. The van der Waals surface area contributed by atoms with Crippen LogP contribution < -0.4 is 10.1 Å². The van der Waals surface area contributed by atoms with Crippen LogP contribution in [-0.2, 0) is 4.79 Å². The second-order valence-corrected chi connectivity index (χ2v) is 6.49. The number of hydrogen-bond acceptors (Lipinski definition) is 3. The summed E-state index contributed by atoms with van der Waals surface area (Å²) in [6, 6.07) is 13.2. The SMILES string of the molecule is Cc1cc(Cl)ccc1OCC(=O)N[C@H](C)c1ccc(-n2ccnc2)cc1. The number of amides is 1. The van der Waals surface area contributed by atoms with Crippen molar-refractivity contribution in [3.63, 3.8) is 0 Å². The Morgan fingerprint density at radius 2 is 2.04 bits per heavy atom. The third kappa shape index (κ3) is 4.43. The molecule has 134 valence electrons.